The van der Waals surface area contributed by atoms with Crippen LogP contribution < -0.4 is 5.32 Å². The van der Waals surface area contributed by atoms with Gasteiger partial charge in [-0.1, -0.05) is 25.0 Å². The van der Waals surface area contributed by atoms with Crippen LogP contribution in [0.5, 0.6) is 0 Å². The second-order valence-electron chi connectivity index (χ2n) is 7.56. The molecule has 1 aromatic heterocycles. The van der Waals surface area contributed by atoms with Crippen LogP contribution in [0.3, 0.4) is 0 Å². The summed E-state index contributed by atoms with van der Waals surface area (Å²) in [6, 6.07) is 9.96. The van der Waals surface area contributed by atoms with Crippen molar-refractivity contribution in [3.63, 3.8) is 0 Å². The first-order valence-corrected chi connectivity index (χ1v) is 10.8. The summed E-state index contributed by atoms with van der Waals surface area (Å²) < 4.78 is 5.09. The normalized spacial score (nSPS) is 19.5. The van der Waals surface area contributed by atoms with Crippen LogP contribution in [0.4, 0.5) is 5.69 Å². The van der Waals surface area contributed by atoms with E-state index in [9.17, 15) is 9.59 Å². The van der Waals surface area contributed by atoms with Crippen LogP contribution in [0, 0.1) is 5.92 Å². The highest BCUT2D eigenvalue weighted by atomic mass is 32.1. The predicted octanol–water partition coefficient (Wildman–Crippen LogP) is 4.00. The van der Waals surface area contributed by atoms with Gasteiger partial charge in [0.05, 0.1) is 6.04 Å². The first kappa shape index (κ1) is 19.2. The molecule has 6 heteroatoms. The Morgan fingerprint density at radius 1 is 1.18 bits per heavy atom. The third-order valence-electron chi connectivity index (χ3n) is 5.77. The molecular formula is C22H26N2O3S. The molecule has 2 aromatic rings. The number of rotatable bonds is 5. The van der Waals surface area contributed by atoms with E-state index in [0.29, 0.717) is 6.54 Å². The Balaban J connectivity index is 1.55. The Morgan fingerprint density at radius 3 is 2.64 bits per heavy atom. The SMILES string of the molecule is COCC(=O)N1CCc2sccc2C1c1ccc(NC(=O)C2CCCC2)cc1. The van der Waals surface area contributed by atoms with Crippen molar-refractivity contribution in [2.24, 2.45) is 5.92 Å². The third-order valence-corrected chi connectivity index (χ3v) is 6.77. The summed E-state index contributed by atoms with van der Waals surface area (Å²) in [4.78, 5) is 28.2. The number of carbonyl (C=O) groups excluding carboxylic acids is 2. The van der Waals surface area contributed by atoms with Gasteiger partial charge < -0.3 is 15.0 Å². The maximum absolute atomic E-state index is 12.6. The summed E-state index contributed by atoms with van der Waals surface area (Å²) in [5, 5.41) is 5.14. The monoisotopic (exact) mass is 398 g/mol. The molecule has 4 rings (SSSR count). The van der Waals surface area contributed by atoms with Crippen molar-refractivity contribution in [1.82, 2.24) is 4.90 Å². The molecular weight excluding hydrogens is 372 g/mol. The number of hydrogen-bond donors (Lipinski definition) is 1. The van der Waals surface area contributed by atoms with Gasteiger partial charge in [0.15, 0.2) is 0 Å². The molecule has 2 aliphatic rings. The summed E-state index contributed by atoms with van der Waals surface area (Å²) in [6.07, 6.45) is 5.15. The largest absolute Gasteiger partial charge is 0.375 e. The average molecular weight is 399 g/mol. The van der Waals surface area contributed by atoms with Gasteiger partial charge in [-0.25, -0.2) is 0 Å². The summed E-state index contributed by atoms with van der Waals surface area (Å²) in [6.45, 7) is 0.784. The van der Waals surface area contributed by atoms with E-state index in [2.05, 4.69) is 16.8 Å². The number of nitrogens with one attached hydrogen (secondary N) is 1. The van der Waals surface area contributed by atoms with Crippen molar-refractivity contribution in [1.29, 1.82) is 0 Å². The van der Waals surface area contributed by atoms with E-state index in [1.165, 1.54) is 10.4 Å². The minimum atomic E-state index is -0.0998. The van der Waals surface area contributed by atoms with E-state index in [0.717, 1.165) is 43.4 Å². The van der Waals surface area contributed by atoms with E-state index in [-0.39, 0.29) is 30.4 Å². The van der Waals surface area contributed by atoms with E-state index in [4.69, 9.17) is 4.74 Å². The molecule has 148 valence electrons. The Morgan fingerprint density at radius 2 is 1.93 bits per heavy atom. The van der Waals surface area contributed by atoms with Gasteiger partial charge in [-0.15, -0.1) is 11.3 Å². The molecule has 0 saturated heterocycles. The Labute approximate surface area is 169 Å². The molecule has 0 bridgehead atoms. The summed E-state index contributed by atoms with van der Waals surface area (Å²) in [7, 11) is 1.55. The van der Waals surface area contributed by atoms with Crippen LogP contribution in [0.15, 0.2) is 35.7 Å². The fourth-order valence-corrected chi connectivity index (χ4v) is 5.24. The summed E-state index contributed by atoms with van der Waals surface area (Å²) in [5.41, 5.74) is 3.07. The Hall–Kier alpha value is -2.18. The van der Waals surface area contributed by atoms with Crippen molar-refractivity contribution in [3.8, 4) is 0 Å². The molecule has 1 aromatic carbocycles. The molecule has 2 amide bonds. The predicted molar refractivity (Wildman–Crippen MR) is 110 cm³/mol. The molecule has 0 radical (unpaired) electrons. The van der Waals surface area contributed by atoms with E-state index in [1.54, 1.807) is 18.4 Å². The Kier molecular flexibility index (Phi) is 5.78. The van der Waals surface area contributed by atoms with E-state index < -0.39 is 0 Å². The van der Waals surface area contributed by atoms with Gasteiger partial charge >= 0.3 is 0 Å². The first-order valence-electron chi connectivity index (χ1n) is 9.93. The lowest BCUT2D eigenvalue weighted by Gasteiger charge is -2.36. The van der Waals surface area contributed by atoms with Gasteiger partial charge in [-0.2, -0.15) is 0 Å². The molecule has 1 fully saturated rings. The molecule has 1 saturated carbocycles. The first-order chi connectivity index (χ1) is 13.7. The molecule has 5 nitrogen and oxygen atoms in total. The van der Waals surface area contributed by atoms with Crippen LogP contribution >= 0.6 is 11.3 Å². The number of thiophene rings is 1. The van der Waals surface area contributed by atoms with Crippen LogP contribution in [-0.4, -0.2) is 37.0 Å². The van der Waals surface area contributed by atoms with Gasteiger partial charge in [-0.05, 0) is 54.0 Å². The molecule has 1 unspecified atom stereocenters. The fraction of sp³-hybridized carbons (Fsp3) is 0.455. The summed E-state index contributed by atoms with van der Waals surface area (Å²) >= 11 is 1.75. The molecule has 28 heavy (non-hydrogen) atoms. The number of anilines is 1. The number of carbonyl (C=O) groups is 2. The third kappa shape index (κ3) is 3.84. The number of ether oxygens (including phenoxy) is 1. The van der Waals surface area contributed by atoms with Crippen LogP contribution in [0.25, 0.3) is 0 Å². The van der Waals surface area contributed by atoms with Crippen molar-refractivity contribution < 1.29 is 14.3 Å². The smallest absolute Gasteiger partial charge is 0.249 e. The molecule has 2 heterocycles. The topological polar surface area (TPSA) is 58.6 Å². The highest BCUT2D eigenvalue weighted by Crippen LogP contribution is 2.38. The van der Waals surface area contributed by atoms with Crippen LogP contribution in [0.1, 0.15) is 47.7 Å². The number of benzene rings is 1. The number of fused-ring (bicyclic) bond motifs is 1. The summed E-state index contributed by atoms with van der Waals surface area (Å²) in [5.74, 6) is 0.274. The number of amides is 2. The molecule has 0 spiro atoms. The molecule has 1 aliphatic carbocycles. The molecule has 1 aliphatic heterocycles. The second-order valence-corrected chi connectivity index (χ2v) is 8.57. The minimum absolute atomic E-state index is 0.00274. The molecule has 1 N–H and O–H groups in total. The van der Waals surface area contributed by atoms with Crippen molar-refractivity contribution in [2.75, 3.05) is 25.6 Å². The van der Waals surface area contributed by atoms with E-state index >= 15 is 0 Å². The lowest BCUT2D eigenvalue weighted by atomic mass is 9.93. The zero-order chi connectivity index (χ0) is 19.5. The van der Waals surface area contributed by atoms with Gasteiger partial charge in [-0.3, -0.25) is 9.59 Å². The number of hydrogen-bond acceptors (Lipinski definition) is 4. The maximum Gasteiger partial charge on any atom is 0.249 e. The highest BCUT2D eigenvalue weighted by molar-refractivity contribution is 7.10. The minimum Gasteiger partial charge on any atom is -0.375 e. The van der Waals surface area contributed by atoms with Gasteiger partial charge in [0.1, 0.15) is 6.61 Å². The van der Waals surface area contributed by atoms with Crippen molar-refractivity contribution in [2.45, 2.75) is 38.1 Å². The standard InChI is InChI=1S/C22H26N2O3S/c1-27-14-20(25)24-12-10-19-18(11-13-28-19)21(24)15-6-8-17(9-7-15)23-22(26)16-4-2-3-5-16/h6-9,11,13,16,21H,2-5,10,12,14H2,1H3,(H,23,26). The fourth-order valence-electron chi connectivity index (χ4n) is 4.33. The maximum atomic E-state index is 12.6. The zero-order valence-electron chi connectivity index (χ0n) is 16.1. The van der Waals surface area contributed by atoms with Gasteiger partial charge in [0, 0.05) is 30.1 Å². The van der Waals surface area contributed by atoms with Crippen LogP contribution in [0.2, 0.25) is 0 Å². The number of methoxy groups -OCH3 is 1. The second kappa shape index (κ2) is 8.45. The van der Waals surface area contributed by atoms with Gasteiger partial charge in [0.25, 0.3) is 0 Å². The van der Waals surface area contributed by atoms with Crippen LogP contribution in [-0.2, 0) is 20.7 Å². The zero-order valence-corrected chi connectivity index (χ0v) is 17.0. The lowest BCUT2D eigenvalue weighted by Crippen LogP contribution is -2.41. The van der Waals surface area contributed by atoms with Crippen molar-refractivity contribution >= 4 is 28.8 Å². The average Bonchev–Trinajstić information content (AvgIpc) is 3.40. The Bertz CT molecular complexity index is 840. The van der Waals surface area contributed by atoms with Crippen molar-refractivity contribution in [3.05, 3.63) is 51.7 Å². The quantitative estimate of drug-likeness (QED) is 0.828. The molecule has 1 atom stereocenters. The van der Waals surface area contributed by atoms with Gasteiger partial charge in [0.2, 0.25) is 11.8 Å². The lowest BCUT2D eigenvalue weighted by molar-refractivity contribution is -0.137. The van der Waals surface area contributed by atoms with E-state index in [1.807, 2.05) is 29.2 Å². The highest BCUT2D eigenvalue weighted by Gasteiger charge is 2.32. The number of nitrogens with zero attached hydrogens (tertiary/aromatic N) is 1.